The van der Waals surface area contributed by atoms with Gasteiger partial charge in [0.1, 0.15) is 11.6 Å². The van der Waals surface area contributed by atoms with Gasteiger partial charge in [-0.1, -0.05) is 26.0 Å². The molecule has 1 aromatic carbocycles. The third kappa shape index (κ3) is 3.79. The molecule has 21 heavy (non-hydrogen) atoms. The number of rotatable bonds is 4. The monoisotopic (exact) mass is 280 g/mol. The lowest BCUT2D eigenvalue weighted by Crippen LogP contribution is -2.10. The third-order valence-electron chi connectivity index (χ3n) is 3.27. The van der Waals surface area contributed by atoms with Crippen molar-refractivity contribution in [3.05, 3.63) is 53.0 Å². The first-order valence-electron chi connectivity index (χ1n) is 7.11. The van der Waals surface area contributed by atoms with E-state index in [0.29, 0.717) is 11.5 Å². The van der Waals surface area contributed by atoms with Crippen LogP contribution in [0.5, 0.6) is 0 Å². The van der Waals surface area contributed by atoms with Gasteiger partial charge in [0.05, 0.1) is 11.6 Å². The summed E-state index contributed by atoms with van der Waals surface area (Å²) in [4.78, 5) is 9.00. The van der Waals surface area contributed by atoms with Gasteiger partial charge in [-0.3, -0.25) is 0 Å². The van der Waals surface area contributed by atoms with Crippen LogP contribution in [0.3, 0.4) is 0 Å². The van der Waals surface area contributed by atoms with Crippen molar-refractivity contribution in [2.75, 3.05) is 5.32 Å². The normalized spacial score (nSPS) is 12.0. The molecule has 0 saturated heterocycles. The van der Waals surface area contributed by atoms with Gasteiger partial charge in [0.15, 0.2) is 0 Å². The molecule has 1 aromatic heterocycles. The van der Waals surface area contributed by atoms with Crippen molar-refractivity contribution in [1.82, 2.24) is 9.97 Å². The first-order chi connectivity index (χ1) is 9.99. The number of hydrogen-bond donors (Lipinski definition) is 1. The number of hydrogen-bond acceptors (Lipinski definition) is 4. The molecule has 1 heterocycles. The number of nitrogens with zero attached hydrogens (tertiary/aromatic N) is 3. The number of benzene rings is 1. The van der Waals surface area contributed by atoms with Crippen LogP contribution >= 0.6 is 0 Å². The summed E-state index contributed by atoms with van der Waals surface area (Å²) in [6, 6.07) is 11.8. The van der Waals surface area contributed by atoms with Crippen LogP contribution in [0.25, 0.3) is 0 Å². The number of aromatic nitrogens is 2. The maximum absolute atomic E-state index is 8.98. The van der Waals surface area contributed by atoms with Gasteiger partial charge in [-0.05, 0) is 31.5 Å². The molecule has 4 nitrogen and oxygen atoms in total. The van der Waals surface area contributed by atoms with E-state index in [1.54, 1.807) is 0 Å². The Labute approximate surface area is 125 Å². The van der Waals surface area contributed by atoms with Crippen LogP contribution in [0.2, 0.25) is 0 Å². The summed E-state index contributed by atoms with van der Waals surface area (Å²) in [6.07, 6.45) is 0. The predicted molar refractivity (Wildman–Crippen MR) is 84.1 cm³/mol. The summed E-state index contributed by atoms with van der Waals surface area (Å²) in [5.41, 5.74) is 2.69. The zero-order chi connectivity index (χ0) is 15.4. The SMILES string of the molecule is Cc1cc(NC(C)c2cccc(C#N)c2)nc(C(C)C)n1. The van der Waals surface area contributed by atoms with Crippen LogP contribution in [0, 0.1) is 18.3 Å². The van der Waals surface area contributed by atoms with Gasteiger partial charge in [0.25, 0.3) is 0 Å². The molecule has 0 bridgehead atoms. The van der Waals surface area contributed by atoms with Crippen molar-refractivity contribution in [3.63, 3.8) is 0 Å². The zero-order valence-electron chi connectivity index (χ0n) is 12.9. The number of nitriles is 1. The lowest BCUT2D eigenvalue weighted by Gasteiger charge is -2.16. The fraction of sp³-hybridized carbons (Fsp3) is 0.353. The van der Waals surface area contributed by atoms with E-state index < -0.39 is 0 Å². The Balaban J connectivity index is 2.23. The molecule has 0 aliphatic carbocycles. The van der Waals surface area contributed by atoms with E-state index in [9.17, 15) is 0 Å². The van der Waals surface area contributed by atoms with Crippen molar-refractivity contribution in [1.29, 1.82) is 5.26 Å². The molecule has 0 aliphatic heterocycles. The van der Waals surface area contributed by atoms with E-state index in [1.807, 2.05) is 37.3 Å². The minimum Gasteiger partial charge on any atom is -0.363 e. The molecule has 4 heteroatoms. The Morgan fingerprint density at radius 3 is 2.57 bits per heavy atom. The quantitative estimate of drug-likeness (QED) is 0.921. The van der Waals surface area contributed by atoms with Gasteiger partial charge >= 0.3 is 0 Å². The Morgan fingerprint density at radius 1 is 1.14 bits per heavy atom. The molecule has 0 radical (unpaired) electrons. The van der Waals surface area contributed by atoms with Crippen LogP contribution in [0.15, 0.2) is 30.3 Å². The van der Waals surface area contributed by atoms with Gasteiger partial charge in [-0.2, -0.15) is 5.26 Å². The van der Waals surface area contributed by atoms with Crippen LogP contribution < -0.4 is 5.32 Å². The zero-order valence-corrected chi connectivity index (χ0v) is 12.9. The van der Waals surface area contributed by atoms with Gasteiger partial charge in [0.2, 0.25) is 0 Å². The molecule has 0 amide bonds. The van der Waals surface area contributed by atoms with E-state index >= 15 is 0 Å². The second-order valence-electron chi connectivity index (χ2n) is 5.51. The maximum atomic E-state index is 8.98. The molecule has 2 rings (SSSR count). The Hall–Kier alpha value is -2.41. The smallest absolute Gasteiger partial charge is 0.133 e. The van der Waals surface area contributed by atoms with E-state index in [2.05, 4.69) is 42.1 Å². The Kier molecular flexibility index (Phi) is 4.54. The highest BCUT2D eigenvalue weighted by Gasteiger charge is 2.10. The summed E-state index contributed by atoms with van der Waals surface area (Å²) < 4.78 is 0. The summed E-state index contributed by atoms with van der Waals surface area (Å²) in [5.74, 6) is 1.96. The highest BCUT2D eigenvalue weighted by atomic mass is 15.0. The number of nitrogens with one attached hydrogen (secondary N) is 1. The molecule has 2 aromatic rings. The average Bonchev–Trinajstić information content (AvgIpc) is 2.46. The molecule has 108 valence electrons. The number of anilines is 1. The fourth-order valence-electron chi connectivity index (χ4n) is 2.11. The van der Waals surface area contributed by atoms with Gasteiger partial charge in [-0.15, -0.1) is 0 Å². The van der Waals surface area contributed by atoms with Crippen LogP contribution in [-0.4, -0.2) is 9.97 Å². The largest absolute Gasteiger partial charge is 0.363 e. The van der Waals surface area contributed by atoms with Crippen molar-refractivity contribution >= 4 is 5.82 Å². The average molecular weight is 280 g/mol. The highest BCUT2D eigenvalue weighted by molar-refractivity contribution is 5.41. The van der Waals surface area contributed by atoms with Crippen molar-refractivity contribution < 1.29 is 0 Å². The second kappa shape index (κ2) is 6.36. The van der Waals surface area contributed by atoms with E-state index in [4.69, 9.17) is 5.26 Å². The van der Waals surface area contributed by atoms with Crippen LogP contribution in [0.4, 0.5) is 5.82 Å². The standard InChI is InChI=1S/C17H20N4/c1-11(2)17-19-12(3)8-16(21-17)20-13(4)15-7-5-6-14(9-15)10-18/h5-9,11,13H,1-4H3,(H,19,20,21). The van der Waals surface area contributed by atoms with Gasteiger partial charge < -0.3 is 5.32 Å². The summed E-state index contributed by atoms with van der Waals surface area (Å²) in [7, 11) is 0. The predicted octanol–water partition coefficient (Wildman–Crippen LogP) is 3.95. The number of aryl methyl sites for hydroxylation is 1. The fourth-order valence-corrected chi connectivity index (χ4v) is 2.11. The summed E-state index contributed by atoms with van der Waals surface area (Å²) >= 11 is 0. The highest BCUT2D eigenvalue weighted by Crippen LogP contribution is 2.20. The van der Waals surface area contributed by atoms with Crippen molar-refractivity contribution in [2.24, 2.45) is 0 Å². The Bertz CT molecular complexity index is 671. The second-order valence-corrected chi connectivity index (χ2v) is 5.51. The lowest BCUT2D eigenvalue weighted by atomic mass is 10.1. The minimum atomic E-state index is 0.0765. The summed E-state index contributed by atoms with van der Waals surface area (Å²) in [5, 5.41) is 12.4. The lowest BCUT2D eigenvalue weighted by molar-refractivity contribution is 0.761. The molecule has 0 spiro atoms. The van der Waals surface area contributed by atoms with E-state index in [-0.39, 0.29) is 6.04 Å². The van der Waals surface area contributed by atoms with E-state index in [0.717, 1.165) is 22.9 Å². The first-order valence-corrected chi connectivity index (χ1v) is 7.11. The first kappa shape index (κ1) is 15.0. The molecular weight excluding hydrogens is 260 g/mol. The molecule has 1 unspecified atom stereocenters. The molecule has 0 aliphatic rings. The van der Waals surface area contributed by atoms with Crippen molar-refractivity contribution in [2.45, 2.75) is 39.7 Å². The molecule has 1 N–H and O–H groups in total. The topological polar surface area (TPSA) is 61.6 Å². The third-order valence-corrected chi connectivity index (χ3v) is 3.27. The van der Waals surface area contributed by atoms with Crippen LogP contribution in [-0.2, 0) is 0 Å². The van der Waals surface area contributed by atoms with Gasteiger partial charge in [-0.25, -0.2) is 9.97 Å². The molecule has 0 saturated carbocycles. The maximum Gasteiger partial charge on any atom is 0.133 e. The Morgan fingerprint density at radius 2 is 1.90 bits per heavy atom. The molecular formula is C17H20N4. The summed E-state index contributed by atoms with van der Waals surface area (Å²) in [6.45, 7) is 8.19. The van der Waals surface area contributed by atoms with E-state index in [1.165, 1.54) is 0 Å². The van der Waals surface area contributed by atoms with Gasteiger partial charge in [0, 0.05) is 23.7 Å². The molecule has 0 fully saturated rings. The minimum absolute atomic E-state index is 0.0765. The van der Waals surface area contributed by atoms with Crippen molar-refractivity contribution in [3.8, 4) is 6.07 Å². The van der Waals surface area contributed by atoms with Crippen LogP contribution in [0.1, 0.15) is 55.4 Å². The molecule has 1 atom stereocenters.